The topological polar surface area (TPSA) is 110 Å². The zero-order valence-corrected chi connectivity index (χ0v) is 15.7. The second-order valence-corrected chi connectivity index (χ2v) is 5.74. The molecule has 0 unspecified atom stereocenters. The van der Waals surface area contributed by atoms with Gasteiger partial charge in [-0.1, -0.05) is 6.07 Å². The standard InChI is InChI=1S/C19H20N6O3/c1-12(26)21-13-5-4-6-14(9-13)22-19-24-18(11-20-25-19)23-16-8-7-15(27-2)10-17(16)28-3/h4-11H,1-3H3,(H,21,26)(H2,22,23,24,25). The Kier molecular flexibility index (Phi) is 5.85. The number of rotatable bonds is 7. The molecule has 1 heterocycles. The normalized spacial score (nSPS) is 10.1. The maximum absolute atomic E-state index is 11.2. The molecule has 0 saturated carbocycles. The Morgan fingerprint density at radius 2 is 1.82 bits per heavy atom. The number of hydrogen-bond acceptors (Lipinski definition) is 8. The SMILES string of the molecule is COc1ccc(Nc2cnnc(Nc3cccc(NC(C)=O)c3)n2)c(OC)c1. The van der Waals surface area contributed by atoms with Gasteiger partial charge in [0.25, 0.3) is 0 Å². The third-order valence-electron chi connectivity index (χ3n) is 3.67. The molecule has 3 rings (SSSR count). The van der Waals surface area contributed by atoms with E-state index in [9.17, 15) is 4.79 Å². The van der Waals surface area contributed by atoms with Gasteiger partial charge in [-0.25, -0.2) is 0 Å². The Hall–Kier alpha value is -3.88. The first-order valence-electron chi connectivity index (χ1n) is 8.41. The van der Waals surface area contributed by atoms with Crippen molar-refractivity contribution in [3.8, 4) is 11.5 Å². The number of amides is 1. The van der Waals surface area contributed by atoms with Crippen LogP contribution in [-0.4, -0.2) is 35.3 Å². The van der Waals surface area contributed by atoms with Gasteiger partial charge in [-0.05, 0) is 30.3 Å². The van der Waals surface area contributed by atoms with Crippen molar-refractivity contribution in [1.82, 2.24) is 15.2 Å². The van der Waals surface area contributed by atoms with Crippen molar-refractivity contribution in [3.63, 3.8) is 0 Å². The Labute approximate surface area is 162 Å². The van der Waals surface area contributed by atoms with E-state index in [0.29, 0.717) is 40.3 Å². The zero-order chi connectivity index (χ0) is 19.9. The number of hydrogen-bond donors (Lipinski definition) is 3. The number of benzene rings is 2. The van der Waals surface area contributed by atoms with Crippen LogP contribution in [0.1, 0.15) is 6.92 Å². The Morgan fingerprint density at radius 1 is 1.00 bits per heavy atom. The van der Waals surface area contributed by atoms with Crippen LogP contribution in [-0.2, 0) is 4.79 Å². The van der Waals surface area contributed by atoms with Crippen molar-refractivity contribution in [2.24, 2.45) is 0 Å². The predicted octanol–water partition coefficient (Wildman–Crippen LogP) is 3.33. The smallest absolute Gasteiger partial charge is 0.249 e. The molecule has 3 N–H and O–H groups in total. The molecule has 0 saturated heterocycles. The van der Waals surface area contributed by atoms with E-state index in [4.69, 9.17) is 9.47 Å². The lowest BCUT2D eigenvalue weighted by atomic mass is 10.2. The molecule has 2 aromatic carbocycles. The van der Waals surface area contributed by atoms with Crippen molar-refractivity contribution in [2.75, 3.05) is 30.2 Å². The Balaban J connectivity index is 1.77. The van der Waals surface area contributed by atoms with Crippen molar-refractivity contribution in [1.29, 1.82) is 0 Å². The predicted molar refractivity (Wildman–Crippen MR) is 107 cm³/mol. The van der Waals surface area contributed by atoms with Crippen LogP contribution < -0.4 is 25.4 Å². The summed E-state index contributed by atoms with van der Waals surface area (Å²) in [4.78, 5) is 15.6. The van der Waals surface area contributed by atoms with Gasteiger partial charge >= 0.3 is 0 Å². The largest absolute Gasteiger partial charge is 0.497 e. The van der Waals surface area contributed by atoms with E-state index in [2.05, 4.69) is 31.1 Å². The molecule has 1 aromatic heterocycles. The van der Waals surface area contributed by atoms with Crippen molar-refractivity contribution < 1.29 is 14.3 Å². The average molecular weight is 380 g/mol. The highest BCUT2D eigenvalue weighted by molar-refractivity contribution is 5.89. The Bertz CT molecular complexity index is 979. The molecule has 0 aliphatic rings. The molecular weight excluding hydrogens is 360 g/mol. The third kappa shape index (κ3) is 4.85. The summed E-state index contributed by atoms with van der Waals surface area (Å²) in [6.45, 7) is 1.45. The van der Waals surface area contributed by atoms with Crippen LogP contribution in [0.3, 0.4) is 0 Å². The number of carbonyl (C=O) groups is 1. The van der Waals surface area contributed by atoms with Gasteiger partial charge < -0.3 is 25.4 Å². The molecule has 9 heteroatoms. The van der Waals surface area contributed by atoms with Crippen LogP contribution in [0.5, 0.6) is 11.5 Å². The minimum Gasteiger partial charge on any atom is -0.497 e. The van der Waals surface area contributed by atoms with E-state index >= 15 is 0 Å². The van der Waals surface area contributed by atoms with Gasteiger partial charge in [0.2, 0.25) is 11.9 Å². The lowest BCUT2D eigenvalue weighted by molar-refractivity contribution is -0.114. The van der Waals surface area contributed by atoms with Crippen LogP contribution >= 0.6 is 0 Å². The van der Waals surface area contributed by atoms with E-state index in [0.717, 1.165) is 0 Å². The van der Waals surface area contributed by atoms with Crippen molar-refractivity contribution in [3.05, 3.63) is 48.7 Å². The maximum atomic E-state index is 11.2. The molecule has 28 heavy (non-hydrogen) atoms. The fourth-order valence-electron chi connectivity index (χ4n) is 2.46. The van der Waals surface area contributed by atoms with Gasteiger partial charge in [0.1, 0.15) is 11.5 Å². The number of nitrogens with zero attached hydrogens (tertiary/aromatic N) is 3. The molecule has 0 radical (unpaired) electrons. The van der Waals surface area contributed by atoms with Crippen molar-refractivity contribution >= 4 is 34.7 Å². The maximum Gasteiger partial charge on any atom is 0.249 e. The summed E-state index contributed by atoms with van der Waals surface area (Å²) in [6.07, 6.45) is 1.50. The number of methoxy groups -OCH3 is 2. The summed E-state index contributed by atoms with van der Waals surface area (Å²) in [7, 11) is 3.17. The van der Waals surface area contributed by atoms with Crippen LogP contribution in [0, 0.1) is 0 Å². The molecule has 1 amide bonds. The summed E-state index contributed by atoms with van der Waals surface area (Å²) >= 11 is 0. The van der Waals surface area contributed by atoms with E-state index in [-0.39, 0.29) is 5.91 Å². The molecule has 0 aliphatic heterocycles. The quantitative estimate of drug-likeness (QED) is 0.572. The average Bonchev–Trinajstić information content (AvgIpc) is 2.68. The van der Waals surface area contributed by atoms with Crippen molar-refractivity contribution in [2.45, 2.75) is 6.92 Å². The highest BCUT2D eigenvalue weighted by Crippen LogP contribution is 2.31. The fourth-order valence-corrected chi connectivity index (χ4v) is 2.46. The molecule has 0 fully saturated rings. The molecule has 3 aromatic rings. The molecule has 0 spiro atoms. The lowest BCUT2D eigenvalue weighted by Gasteiger charge is -2.12. The second kappa shape index (κ2) is 8.67. The third-order valence-corrected chi connectivity index (χ3v) is 3.67. The molecule has 144 valence electrons. The van der Waals surface area contributed by atoms with Crippen LogP contribution in [0.4, 0.5) is 28.8 Å². The minimum absolute atomic E-state index is 0.144. The van der Waals surface area contributed by atoms with Gasteiger partial charge in [0, 0.05) is 24.4 Å². The Morgan fingerprint density at radius 3 is 2.57 bits per heavy atom. The first-order valence-corrected chi connectivity index (χ1v) is 8.41. The minimum atomic E-state index is -0.144. The number of anilines is 5. The monoisotopic (exact) mass is 380 g/mol. The number of ether oxygens (including phenoxy) is 2. The zero-order valence-electron chi connectivity index (χ0n) is 15.7. The van der Waals surface area contributed by atoms with Gasteiger partial charge in [0.15, 0.2) is 5.82 Å². The van der Waals surface area contributed by atoms with Gasteiger partial charge in [-0.2, -0.15) is 10.1 Å². The first kappa shape index (κ1) is 18.9. The summed E-state index contributed by atoms with van der Waals surface area (Å²) < 4.78 is 10.6. The summed E-state index contributed by atoms with van der Waals surface area (Å²) in [5.74, 6) is 1.94. The molecular formula is C19H20N6O3. The van der Waals surface area contributed by atoms with Crippen LogP contribution in [0.2, 0.25) is 0 Å². The van der Waals surface area contributed by atoms with E-state index in [1.54, 1.807) is 32.4 Å². The van der Waals surface area contributed by atoms with Crippen LogP contribution in [0.15, 0.2) is 48.7 Å². The van der Waals surface area contributed by atoms with Gasteiger partial charge in [0.05, 0.1) is 26.1 Å². The number of carbonyl (C=O) groups excluding carboxylic acids is 1. The molecule has 0 atom stereocenters. The van der Waals surface area contributed by atoms with Gasteiger partial charge in [-0.15, -0.1) is 5.10 Å². The summed E-state index contributed by atoms with van der Waals surface area (Å²) in [5, 5.41) is 16.9. The summed E-state index contributed by atoms with van der Waals surface area (Å²) in [5.41, 5.74) is 2.09. The highest BCUT2D eigenvalue weighted by atomic mass is 16.5. The van der Waals surface area contributed by atoms with Gasteiger partial charge in [-0.3, -0.25) is 4.79 Å². The van der Waals surface area contributed by atoms with Crippen LogP contribution in [0.25, 0.3) is 0 Å². The van der Waals surface area contributed by atoms with E-state index < -0.39 is 0 Å². The summed E-state index contributed by atoms with van der Waals surface area (Å²) in [6, 6.07) is 12.6. The van der Waals surface area contributed by atoms with E-state index in [1.165, 1.54) is 13.1 Å². The molecule has 0 bridgehead atoms. The first-order chi connectivity index (χ1) is 13.6. The lowest BCUT2D eigenvalue weighted by Crippen LogP contribution is -2.06. The van der Waals surface area contributed by atoms with E-state index in [1.807, 2.05) is 24.3 Å². The second-order valence-electron chi connectivity index (χ2n) is 5.74. The molecule has 9 nitrogen and oxygen atoms in total. The fraction of sp³-hybridized carbons (Fsp3) is 0.158. The molecule has 0 aliphatic carbocycles. The highest BCUT2D eigenvalue weighted by Gasteiger charge is 2.08. The number of aromatic nitrogens is 3. The number of nitrogens with one attached hydrogen (secondary N) is 3.